The third kappa shape index (κ3) is 2.77. The molecule has 0 spiro atoms. The molecule has 96 valence electrons. The van der Waals surface area contributed by atoms with Gasteiger partial charge in [-0.15, -0.1) is 0 Å². The first-order valence-electron chi connectivity index (χ1n) is 4.40. The third-order valence-electron chi connectivity index (χ3n) is 2.03. The van der Waals surface area contributed by atoms with Crippen molar-refractivity contribution >= 4 is 40.9 Å². The van der Waals surface area contributed by atoms with E-state index in [-0.39, 0.29) is 10.0 Å². The summed E-state index contributed by atoms with van der Waals surface area (Å²) in [6.07, 6.45) is 0. The van der Waals surface area contributed by atoms with Crippen LogP contribution in [0.5, 0.6) is 0 Å². The third-order valence-corrected chi connectivity index (χ3v) is 2.63. The van der Waals surface area contributed by atoms with E-state index in [0.717, 1.165) is 6.07 Å². The SMILES string of the molecule is O=C(O)C(C(=O)O)C(=O)c1cc(F)c(Cl)cc1Cl. The summed E-state index contributed by atoms with van der Waals surface area (Å²) >= 11 is 11.0. The molecule has 0 saturated carbocycles. The number of carbonyl (C=O) groups excluding carboxylic acids is 1. The minimum Gasteiger partial charge on any atom is -0.480 e. The lowest BCUT2D eigenvalue weighted by Gasteiger charge is -2.08. The smallest absolute Gasteiger partial charge is 0.325 e. The monoisotopic (exact) mass is 294 g/mol. The van der Waals surface area contributed by atoms with Gasteiger partial charge in [0.05, 0.1) is 10.0 Å². The van der Waals surface area contributed by atoms with Gasteiger partial charge in [-0.2, -0.15) is 0 Å². The molecule has 0 unspecified atom stereocenters. The van der Waals surface area contributed by atoms with Crippen LogP contribution >= 0.6 is 23.2 Å². The molecule has 0 bridgehead atoms. The molecule has 0 saturated heterocycles. The Hall–Kier alpha value is -1.66. The first-order valence-corrected chi connectivity index (χ1v) is 5.15. The minimum atomic E-state index is -2.34. The van der Waals surface area contributed by atoms with Crippen molar-refractivity contribution in [1.29, 1.82) is 0 Å². The maximum atomic E-state index is 13.1. The van der Waals surface area contributed by atoms with E-state index in [4.69, 9.17) is 33.4 Å². The minimum absolute atomic E-state index is 0.320. The number of carbonyl (C=O) groups is 3. The van der Waals surface area contributed by atoms with Gasteiger partial charge in [0.15, 0.2) is 5.78 Å². The van der Waals surface area contributed by atoms with Gasteiger partial charge in [-0.3, -0.25) is 14.4 Å². The zero-order valence-electron chi connectivity index (χ0n) is 8.49. The van der Waals surface area contributed by atoms with Gasteiger partial charge < -0.3 is 10.2 Å². The van der Waals surface area contributed by atoms with Gasteiger partial charge in [0.2, 0.25) is 5.92 Å². The summed E-state index contributed by atoms with van der Waals surface area (Å²) in [4.78, 5) is 33.0. The summed E-state index contributed by atoms with van der Waals surface area (Å²) in [6.45, 7) is 0. The van der Waals surface area contributed by atoms with Gasteiger partial charge in [-0.25, -0.2) is 4.39 Å². The average Bonchev–Trinajstić information content (AvgIpc) is 2.22. The molecule has 0 aromatic heterocycles. The molecule has 1 aromatic carbocycles. The van der Waals surface area contributed by atoms with E-state index in [1.54, 1.807) is 0 Å². The summed E-state index contributed by atoms with van der Waals surface area (Å²) in [5.41, 5.74) is -0.548. The van der Waals surface area contributed by atoms with Crippen molar-refractivity contribution in [1.82, 2.24) is 0 Å². The molecule has 0 fully saturated rings. The number of rotatable bonds is 4. The number of ketones is 1. The molecule has 1 rings (SSSR count). The Labute approximate surface area is 110 Å². The van der Waals surface area contributed by atoms with Crippen molar-refractivity contribution in [2.75, 3.05) is 0 Å². The van der Waals surface area contributed by atoms with Gasteiger partial charge >= 0.3 is 11.9 Å². The zero-order chi connectivity index (χ0) is 14.0. The van der Waals surface area contributed by atoms with E-state index in [1.165, 1.54) is 0 Å². The number of halogens is 3. The molecular weight excluding hydrogens is 290 g/mol. The Balaban J connectivity index is 3.30. The van der Waals surface area contributed by atoms with E-state index in [0.29, 0.717) is 6.07 Å². The molecule has 0 aliphatic rings. The van der Waals surface area contributed by atoms with Crippen molar-refractivity contribution in [3.63, 3.8) is 0 Å². The second-order valence-corrected chi connectivity index (χ2v) is 4.03. The molecule has 0 radical (unpaired) electrons. The van der Waals surface area contributed by atoms with Gasteiger partial charge in [-0.05, 0) is 12.1 Å². The van der Waals surface area contributed by atoms with E-state index in [1.807, 2.05) is 0 Å². The Morgan fingerprint density at radius 2 is 1.56 bits per heavy atom. The molecule has 8 heteroatoms. The van der Waals surface area contributed by atoms with Crippen LogP contribution in [0, 0.1) is 11.7 Å². The topological polar surface area (TPSA) is 91.7 Å². The number of benzene rings is 1. The molecule has 18 heavy (non-hydrogen) atoms. The second-order valence-electron chi connectivity index (χ2n) is 3.22. The lowest BCUT2D eigenvalue weighted by Crippen LogP contribution is -2.31. The Morgan fingerprint density at radius 3 is 2.00 bits per heavy atom. The fourth-order valence-electron chi connectivity index (χ4n) is 1.20. The Bertz CT molecular complexity index is 529. The molecular formula is C10H5Cl2FO5. The average molecular weight is 295 g/mol. The van der Waals surface area contributed by atoms with Crippen LogP contribution in [0.15, 0.2) is 12.1 Å². The largest absolute Gasteiger partial charge is 0.480 e. The van der Waals surface area contributed by atoms with Gasteiger partial charge in [0.25, 0.3) is 0 Å². The summed E-state index contributed by atoms with van der Waals surface area (Å²) in [7, 11) is 0. The molecule has 0 aliphatic carbocycles. The quantitative estimate of drug-likeness (QED) is 0.504. The molecule has 5 nitrogen and oxygen atoms in total. The lowest BCUT2D eigenvalue weighted by molar-refractivity contribution is -0.151. The number of hydrogen-bond acceptors (Lipinski definition) is 3. The van der Waals surface area contributed by atoms with Crippen molar-refractivity contribution in [3.05, 3.63) is 33.6 Å². The molecule has 2 N–H and O–H groups in total. The van der Waals surface area contributed by atoms with Gasteiger partial charge in [-0.1, -0.05) is 23.2 Å². The summed E-state index contributed by atoms with van der Waals surface area (Å²) in [5.74, 6) is -8.39. The number of Topliss-reactive ketones (excluding diaryl/α,β-unsaturated/α-hetero) is 1. The first kappa shape index (κ1) is 14.4. The summed E-state index contributed by atoms with van der Waals surface area (Å²) in [6, 6.07) is 1.50. The number of aliphatic carboxylic acids is 2. The first-order chi connectivity index (χ1) is 8.25. The van der Waals surface area contributed by atoms with E-state index < -0.39 is 35.0 Å². The van der Waals surface area contributed by atoms with Gasteiger partial charge in [0.1, 0.15) is 5.82 Å². The highest BCUT2D eigenvalue weighted by atomic mass is 35.5. The highest BCUT2D eigenvalue weighted by Gasteiger charge is 2.35. The van der Waals surface area contributed by atoms with Crippen molar-refractivity contribution < 1.29 is 29.0 Å². The van der Waals surface area contributed by atoms with Crippen molar-refractivity contribution in [2.45, 2.75) is 0 Å². The molecule has 0 aliphatic heterocycles. The molecule has 0 heterocycles. The van der Waals surface area contributed by atoms with Crippen LogP contribution in [0.25, 0.3) is 0 Å². The molecule has 1 aromatic rings. The van der Waals surface area contributed by atoms with E-state index in [9.17, 15) is 18.8 Å². The number of hydrogen-bond donors (Lipinski definition) is 2. The van der Waals surface area contributed by atoms with E-state index in [2.05, 4.69) is 0 Å². The summed E-state index contributed by atoms with van der Waals surface area (Å²) < 4.78 is 13.1. The predicted octanol–water partition coefficient (Wildman–Crippen LogP) is 2.10. The van der Waals surface area contributed by atoms with E-state index >= 15 is 0 Å². The fraction of sp³-hybridized carbons (Fsp3) is 0.100. The second kappa shape index (κ2) is 5.32. The number of carboxylic acid groups (broad SMARTS) is 2. The van der Waals surface area contributed by atoms with Crippen LogP contribution in [0.2, 0.25) is 10.0 Å². The highest BCUT2D eigenvalue weighted by Crippen LogP contribution is 2.26. The van der Waals surface area contributed by atoms with Crippen molar-refractivity contribution in [3.8, 4) is 0 Å². The lowest BCUT2D eigenvalue weighted by atomic mass is 9.97. The Kier molecular flexibility index (Phi) is 4.26. The van der Waals surface area contributed by atoms with Crippen LogP contribution in [-0.2, 0) is 9.59 Å². The predicted molar refractivity (Wildman–Crippen MR) is 59.5 cm³/mol. The maximum absolute atomic E-state index is 13.1. The standard InChI is InChI=1S/C10H5Cl2FO5/c11-4-2-5(12)6(13)1-3(4)8(14)7(9(15)16)10(17)18/h1-2,7H,(H,15,16)(H,17,18). The van der Waals surface area contributed by atoms with Crippen LogP contribution in [0.4, 0.5) is 4.39 Å². The molecule has 0 amide bonds. The molecule has 0 atom stereocenters. The van der Waals surface area contributed by atoms with Crippen LogP contribution in [0.3, 0.4) is 0 Å². The highest BCUT2D eigenvalue weighted by molar-refractivity contribution is 6.38. The van der Waals surface area contributed by atoms with Crippen LogP contribution in [0.1, 0.15) is 10.4 Å². The fourth-order valence-corrected chi connectivity index (χ4v) is 1.67. The van der Waals surface area contributed by atoms with Crippen LogP contribution in [-0.4, -0.2) is 27.9 Å². The number of carboxylic acids is 2. The van der Waals surface area contributed by atoms with Gasteiger partial charge in [0, 0.05) is 5.56 Å². The van der Waals surface area contributed by atoms with Crippen LogP contribution < -0.4 is 0 Å². The maximum Gasteiger partial charge on any atom is 0.325 e. The Morgan fingerprint density at radius 1 is 1.06 bits per heavy atom. The summed E-state index contributed by atoms with van der Waals surface area (Å²) in [5, 5.41) is 16.6. The van der Waals surface area contributed by atoms with Crippen molar-refractivity contribution in [2.24, 2.45) is 5.92 Å². The normalized spacial score (nSPS) is 10.4. The zero-order valence-corrected chi connectivity index (χ0v) is 10.00.